The van der Waals surface area contributed by atoms with E-state index in [4.69, 9.17) is 4.74 Å². The Morgan fingerprint density at radius 2 is 1.84 bits per heavy atom. The van der Waals surface area contributed by atoms with Crippen molar-refractivity contribution < 1.29 is 18.7 Å². The van der Waals surface area contributed by atoms with Gasteiger partial charge in [-0.15, -0.1) is 0 Å². The second-order valence-electron chi connectivity index (χ2n) is 5.54. The van der Waals surface area contributed by atoms with Crippen molar-refractivity contribution in [2.75, 3.05) is 11.9 Å². The van der Waals surface area contributed by atoms with Crippen molar-refractivity contribution in [3.8, 4) is 0 Å². The van der Waals surface area contributed by atoms with Gasteiger partial charge in [-0.2, -0.15) is 0 Å². The van der Waals surface area contributed by atoms with Gasteiger partial charge >= 0.3 is 11.8 Å². The molecule has 25 heavy (non-hydrogen) atoms. The summed E-state index contributed by atoms with van der Waals surface area (Å²) < 4.78 is 18.3. The third-order valence-corrected chi connectivity index (χ3v) is 3.58. The Bertz CT molecular complexity index is 732. The minimum Gasteiger partial charge on any atom is -0.377 e. The number of benzene rings is 2. The van der Waals surface area contributed by atoms with Crippen LogP contribution in [0.5, 0.6) is 0 Å². The quantitative estimate of drug-likeness (QED) is 0.791. The molecule has 2 N–H and O–H groups in total. The molecule has 0 aliphatic rings. The maximum atomic E-state index is 12.9. The van der Waals surface area contributed by atoms with E-state index in [0.717, 1.165) is 5.56 Å². The molecular weight excluding hydrogens is 323 g/mol. The number of ether oxygens (including phenoxy) is 1. The van der Waals surface area contributed by atoms with Gasteiger partial charge in [-0.3, -0.25) is 9.59 Å². The zero-order valence-electron chi connectivity index (χ0n) is 14.2. The fourth-order valence-electron chi connectivity index (χ4n) is 2.24. The van der Waals surface area contributed by atoms with Crippen molar-refractivity contribution in [2.45, 2.75) is 26.5 Å². The highest BCUT2D eigenvalue weighted by Gasteiger charge is 2.17. The lowest BCUT2D eigenvalue weighted by Gasteiger charge is -2.14. The number of carbonyl (C=O) groups excluding carboxylic acids is 2. The van der Waals surface area contributed by atoms with E-state index >= 15 is 0 Å². The predicted octanol–water partition coefficient (Wildman–Crippen LogP) is 3.18. The molecule has 2 amide bonds. The van der Waals surface area contributed by atoms with Crippen molar-refractivity contribution in [1.29, 1.82) is 0 Å². The van der Waals surface area contributed by atoms with Crippen molar-refractivity contribution in [1.82, 2.24) is 5.32 Å². The van der Waals surface area contributed by atoms with Gasteiger partial charge in [0.05, 0.1) is 12.6 Å². The zero-order chi connectivity index (χ0) is 18.2. The lowest BCUT2D eigenvalue weighted by Crippen LogP contribution is -2.36. The Hall–Kier alpha value is -2.73. The van der Waals surface area contributed by atoms with Crippen LogP contribution in [-0.4, -0.2) is 18.4 Å². The van der Waals surface area contributed by atoms with Crippen LogP contribution in [0.1, 0.15) is 31.0 Å². The monoisotopic (exact) mass is 344 g/mol. The topological polar surface area (TPSA) is 67.4 Å². The summed E-state index contributed by atoms with van der Waals surface area (Å²) >= 11 is 0. The normalized spacial score (nSPS) is 11.6. The SMILES string of the molecule is CCOCc1cccc(NC(=O)C(=O)N[C@H](C)c2ccc(F)cc2)c1. The molecule has 0 aliphatic heterocycles. The van der Waals surface area contributed by atoms with Crippen molar-refractivity contribution >= 4 is 17.5 Å². The number of halogens is 1. The first kappa shape index (κ1) is 18.6. The fourth-order valence-corrected chi connectivity index (χ4v) is 2.24. The first-order valence-electron chi connectivity index (χ1n) is 8.03. The number of carbonyl (C=O) groups is 2. The molecule has 1 atom stereocenters. The summed E-state index contributed by atoms with van der Waals surface area (Å²) in [4.78, 5) is 24.1. The van der Waals surface area contributed by atoms with Crippen molar-refractivity contribution in [3.63, 3.8) is 0 Å². The van der Waals surface area contributed by atoms with Crippen LogP contribution >= 0.6 is 0 Å². The fraction of sp³-hybridized carbons (Fsp3) is 0.263. The van der Waals surface area contributed by atoms with E-state index in [1.54, 1.807) is 37.3 Å². The number of rotatable bonds is 6. The molecule has 132 valence electrons. The molecule has 0 bridgehead atoms. The summed E-state index contributed by atoms with van der Waals surface area (Å²) in [6.07, 6.45) is 0. The smallest absolute Gasteiger partial charge is 0.313 e. The molecule has 0 spiro atoms. The lowest BCUT2D eigenvalue weighted by molar-refractivity contribution is -0.136. The molecule has 0 unspecified atom stereocenters. The molecule has 0 aliphatic carbocycles. The van der Waals surface area contributed by atoms with E-state index in [2.05, 4.69) is 10.6 Å². The third kappa shape index (κ3) is 5.69. The molecule has 0 saturated heterocycles. The Kier molecular flexibility index (Phi) is 6.65. The molecule has 0 saturated carbocycles. The molecule has 0 aromatic heterocycles. The zero-order valence-corrected chi connectivity index (χ0v) is 14.2. The summed E-state index contributed by atoms with van der Waals surface area (Å²) in [5.41, 5.74) is 2.13. The third-order valence-electron chi connectivity index (χ3n) is 3.58. The van der Waals surface area contributed by atoms with E-state index in [1.807, 2.05) is 13.0 Å². The summed E-state index contributed by atoms with van der Waals surface area (Å²) in [7, 11) is 0. The predicted molar refractivity (Wildman–Crippen MR) is 93.4 cm³/mol. The van der Waals surface area contributed by atoms with Crippen LogP contribution in [0.3, 0.4) is 0 Å². The average molecular weight is 344 g/mol. The second kappa shape index (κ2) is 8.94. The van der Waals surface area contributed by atoms with Crippen LogP contribution in [0.2, 0.25) is 0 Å². The molecule has 0 radical (unpaired) electrons. The van der Waals surface area contributed by atoms with E-state index < -0.39 is 17.9 Å². The van der Waals surface area contributed by atoms with Crippen LogP contribution in [-0.2, 0) is 20.9 Å². The molecule has 5 nitrogen and oxygen atoms in total. The Morgan fingerprint density at radius 1 is 1.12 bits per heavy atom. The van der Waals surface area contributed by atoms with Gasteiger partial charge in [-0.05, 0) is 49.2 Å². The number of anilines is 1. The van der Waals surface area contributed by atoms with Gasteiger partial charge in [0, 0.05) is 12.3 Å². The van der Waals surface area contributed by atoms with Gasteiger partial charge in [-0.25, -0.2) is 4.39 Å². The number of hydrogen-bond donors (Lipinski definition) is 2. The van der Waals surface area contributed by atoms with Crippen LogP contribution in [0.15, 0.2) is 48.5 Å². The summed E-state index contributed by atoms with van der Waals surface area (Å²) in [5, 5.41) is 5.14. The highest BCUT2D eigenvalue weighted by atomic mass is 19.1. The van der Waals surface area contributed by atoms with E-state index in [0.29, 0.717) is 24.5 Å². The van der Waals surface area contributed by atoms with Crippen LogP contribution in [0, 0.1) is 5.82 Å². The number of nitrogens with one attached hydrogen (secondary N) is 2. The number of amides is 2. The van der Waals surface area contributed by atoms with Crippen LogP contribution in [0.4, 0.5) is 10.1 Å². The summed E-state index contributed by atoms with van der Waals surface area (Å²) in [6.45, 7) is 4.66. The van der Waals surface area contributed by atoms with Gasteiger partial charge < -0.3 is 15.4 Å². The first-order chi connectivity index (χ1) is 12.0. The molecule has 6 heteroatoms. The Balaban J connectivity index is 1.93. The molecule has 2 rings (SSSR count). The van der Waals surface area contributed by atoms with Gasteiger partial charge in [-0.1, -0.05) is 24.3 Å². The number of hydrogen-bond acceptors (Lipinski definition) is 3. The Labute approximate surface area is 146 Å². The van der Waals surface area contributed by atoms with E-state index in [9.17, 15) is 14.0 Å². The molecule has 0 fully saturated rings. The van der Waals surface area contributed by atoms with Crippen molar-refractivity contribution in [2.24, 2.45) is 0 Å². The average Bonchev–Trinajstić information content (AvgIpc) is 2.60. The van der Waals surface area contributed by atoms with Crippen LogP contribution in [0.25, 0.3) is 0 Å². The summed E-state index contributed by atoms with van der Waals surface area (Å²) in [5.74, 6) is -1.87. The molecule has 2 aromatic rings. The van der Waals surface area contributed by atoms with Gasteiger partial charge in [0.2, 0.25) is 0 Å². The Morgan fingerprint density at radius 3 is 2.52 bits per heavy atom. The summed E-state index contributed by atoms with van der Waals surface area (Å²) in [6, 6.07) is 12.4. The second-order valence-corrected chi connectivity index (χ2v) is 5.54. The molecular formula is C19H21FN2O3. The van der Waals surface area contributed by atoms with Crippen molar-refractivity contribution in [3.05, 3.63) is 65.5 Å². The maximum Gasteiger partial charge on any atom is 0.313 e. The van der Waals surface area contributed by atoms with Gasteiger partial charge in [0.1, 0.15) is 5.82 Å². The highest BCUT2D eigenvalue weighted by Crippen LogP contribution is 2.14. The largest absolute Gasteiger partial charge is 0.377 e. The van der Waals surface area contributed by atoms with E-state index in [-0.39, 0.29) is 5.82 Å². The van der Waals surface area contributed by atoms with E-state index in [1.165, 1.54) is 12.1 Å². The minimum atomic E-state index is -0.762. The molecule has 0 heterocycles. The maximum absolute atomic E-state index is 12.9. The first-order valence-corrected chi connectivity index (χ1v) is 8.03. The standard InChI is InChI=1S/C19H21FN2O3/c1-3-25-12-14-5-4-6-17(11-14)22-19(24)18(23)21-13(2)15-7-9-16(20)10-8-15/h4-11,13H,3,12H2,1-2H3,(H,21,23)(H,22,24)/t13-/m1/s1. The highest BCUT2D eigenvalue weighted by molar-refractivity contribution is 6.39. The van der Waals surface area contributed by atoms with Crippen LogP contribution < -0.4 is 10.6 Å². The molecule has 2 aromatic carbocycles. The van der Waals surface area contributed by atoms with Gasteiger partial charge in [0.15, 0.2) is 0 Å². The minimum absolute atomic E-state index is 0.355. The lowest BCUT2D eigenvalue weighted by atomic mass is 10.1. The van der Waals surface area contributed by atoms with Gasteiger partial charge in [0.25, 0.3) is 0 Å².